The minimum Gasteiger partial charge on any atom is -0.699 e. The molecule has 0 aromatic heterocycles. The summed E-state index contributed by atoms with van der Waals surface area (Å²) in [6, 6.07) is 5.02. The summed E-state index contributed by atoms with van der Waals surface area (Å²) in [5.74, 6) is -0.229. The van der Waals surface area contributed by atoms with Gasteiger partial charge >= 0.3 is 64.2 Å². The van der Waals surface area contributed by atoms with Crippen molar-refractivity contribution in [2.24, 2.45) is 0 Å². The fourth-order valence-electron chi connectivity index (χ4n) is 2.70. The first-order valence-corrected chi connectivity index (χ1v) is 5.45. The van der Waals surface area contributed by atoms with Gasteiger partial charge in [0.1, 0.15) is 5.54 Å². The molecule has 5 nitrogen and oxygen atoms in total. The molecule has 3 rings (SSSR count). The molecule has 1 aromatic carbocycles. The Bertz CT molecular complexity index is 546. The molecule has 18 heavy (non-hydrogen) atoms. The van der Waals surface area contributed by atoms with Gasteiger partial charge in [0.05, 0.1) is 0 Å². The van der Waals surface area contributed by atoms with E-state index in [0.29, 0.717) is 18.5 Å². The van der Waals surface area contributed by atoms with Crippen molar-refractivity contribution < 1.29 is 67.8 Å². The van der Waals surface area contributed by atoms with E-state index in [0.717, 1.165) is 11.1 Å². The Balaban J connectivity index is 0.00000120. The molecule has 1 aliphatic carbocycles. The topological polar surface area (TPSA) is 73.2 Å². The standard InChI is InChI=1S/C12H12N3O2.Rb/c1-15-11(17)14-10(16)12(15)5-7-2-3-9(13)4-8(7)6-12;/h2-4,13H,5-6H2,1H3,(H,14,16,17);/q-1;+1. The number of nitrogens with one attached hydrogen (secondary N) is 2. The maximum absolute atomic E-state index is 12.0. The van der Waals surface area contributed by atoms with Crippen LogP contribution in [0.25, 0.3) is 5.73 Å². The van der Waals surface area contributed by atoms with Crippen molar-refractivity contribution in [2.75, 3.05) is 7.05 Å². The van der Waals surface area contributed by atoms with Crippen LogP contribution >= 0.6 is 0 Å². The SMILES string of the molecule is CN1C(=O)NC(=O)C12Cc1ccc([NH-])cc1C2.[Rb+]. The van der Waals surface area contributed by atoms with Crippen LogP contribution in [0.1, 0.15) is 11.1 Å². The fourth-order valence-corrected chi connectivity index (χ4v) is 2.70. The van der Waals surface area contributed by atoms with Crippen LogP contribution in [0.15, 0.2) is 18.2 Å². The summed E-state index contributed by atoms with van der Waals surface area (Å²) >= 11 is 0. The van der Waals surface area contributed by atoms with Crippen molar-refractivity contribution in [3.63, 3.8) is 0 Å². The van der Waals surface area contributed by atoms with Crippen molar-refractivity contribution in [3.8, 4) is 0 Å². The first-order valence-electron chi connectivity index (χ1n) is 5.45. The number of nitrogens with zero attached hydrogens (tertiary/aromatic N) is 1. The maximum atomic E-state index is 12.0. The third-order valence-corrected chi connectivity index (χ3v) is 3.76. The molecule has 2 N–H and O–H groups in total. The Morgan fingerprint density at radius 3 is 2.56 bits per heavy atom. The Morgan fingerprint density at radius 1 is 1.28 bits per heavy atom. The average molecular weight is 316 g/mol. The van der Waals surface area contributed by atoms with Crippen molar-refractivity contribution in [1.82, 2.24) is 10.2 Å². The molecule has 0 saturated carbocycles. The number of amides is 3. The summed E-state index contributed by atoms with van der Waals surface area (Å²) in [4.78, 5) is 25.0. The summed E-state index contributed by atoms with van der Waals surface area (Å²) in [7, 11) is 1.65. The van der Waals surface area contributed by atoms with Crippen LogP contribution in [-0.2, 0) is 17.6 Å². The number of fused-ring (bicyclic) bond motifs is 1. The molecule has 0 bridgehead atoms. The fraction of sp³-hybridized carbons (Fsp3) is 0.333. The Hall–Kier alpha value is -0.235. The van der Waals surface area contributed by atoms with Gasteiger partial charge in [0.25, 0.3) is 5.91 Å². The molecule has 1 aromatic rings. The predicted octanol–water partition coefficient (Wildman–Crippen LogP) is -1.61. The number of carbonyl (C=O) groups is 2. The van der Waals surface area contributed by atoms with Gasteiger partial charge in [-0.3, -0.25) is 10.1 Å². The number of urea groups is 1. The third-order valence-electron chi connectivity index (χ3n) is 3.76. The third kappa shape index (κ3) is 1.88. The second-order valence-corrected chi connectivity index (χ2v) is 4.69. The Kier molecular flexibility index (Phi) is 3.71. The molecule has 3 amide bonds. The molecule has 88 valence electrons. The molecule has 1 spiro atoms. The largest absolute Gasteiger partial charge is 1.00 e. The second kappa shape index (κ2) is 4.70. The quantitative estimate of drug-likeness (QED) is 0.585. The van der Waals surface area contributed by atoms with Gasteiger partial charge in [-0.1, -0.05) is 18.2 Å². The van der Waals surface area contributed by atoms with Gasteiger partial charge in [-0.05, 0) is 11.1 Å². The summed E-state index contributed by atoms with van der Waals surface area (Å²) in [5, 5.41) is 2.35. The second-order valence-electron chi connectivity index (χ2n) is 4.69. The van der Waals surface area contributed by atoms with Gasteiger partial charge < -0.3 is 10.6 Å². The molecule has 1 fully saturated rings. The van der Waals surface area contributed by atoms with Crippen LogP contribution in [-0.4, -0.2) is 29.4 Å². The number of rotatable bonds is 0. The van der Waals surface area contributed by atoms with E-state index >= 15 is 0 Å². The van der Waals surface area contributed by atoms with Crippen molar-refractivity contribution >= 4 is 17.6 Å². The zero-order valence-corrected chi connectivity index (χ0v) is 15.3. The van der Waals surface area contributed by atoms with Crippen LogP contribution in [0.4, 0.5) is 10.5 Å². The number of likely N-dealkylation sites (N-methyl/N-ethyl adjacent to an activating group) is 1. The van der Waals surface area contributed by atoms with E-state index in [9.17, 15) is 9.59 Å². The van der Waals surface area contributed by atoms with Crippen molar-refractivity contribution in [3.05, 3.63) is 35.1 Å². The number of hydrogen-bond acceptors (Lipinski definition) is 2. The minimum atomic E-state index is -0.771. The van der Waals surface area contributed by atoms with Gasteiger partial charge in [-0.15, -0.1) is 5.69 Å². The summed E-state index contributed by atoms with van der Waals surface area (Å²) in [6.45, 7) is 0. The Morgan fingerprint density at radius 2 is 1.94 bits per heavy atom. The first-order chi connectivity index (χ1) is 8.03. The van der Waals surface area contributed by atoms with Crippen LogP contribution in [0.2, 0.25) is 0 Å². The molecule has 1 aliphatic heterocycles. The van der Waals surface area contributed by atoms with Gasteiger partial charge in [0.15, 0.2) is 0 Å². The van der Waals surface area contributed by atoms with E-state index in [2.05, 4.69) is 5.32 Å². The van der Waals surface area contributed by atoms with Gasteiger partial charge in [-0.2, -0.15) is 0 Å². The summed E-state index contributed by atoms with van der Waals surface area (Å²) in [6.07, 6.45) is 1.04. The monoisotopic (exact) mass is 315 g/mol. The van der Waals surface area contributed by atoms with E-state index in [1.54, 1.807) is 19.2 Å². The van der Waals surface area contributed by atoms with Gasteiger partial charge in [-0.25, -0.2) is 4.79 Å². The number of benzene rings is 1. The first kappa shape index (κ1) is 14.2. The molecular weight excluding hydrogens is 304 g/mol. The summed E-state index contributed by atoms with van der Waals surface area (Å²) in [5.41, 5.74) is 9.30. The molecule has 2 aliphatic rings. The van der Waals surface area contributed by atoms with Gasteiger partial charge in [0, 0.05) is 19.9 Å². The van der Waals surface area contributed by atoms with Gasteiger partial charge in [0.2, 0.25) is 0 Å². The zero-order chi connectivity index (χ0) is 12.2. The zero-order valence-electron chi connectivity index (χ0n) is 10.4. The summed E-state index contributed by atoms with van der Waals surface area (Å²) < 4.78 is 0. The molecule has 1 heterocycles. The number of carbonyl (C=O) groups excluding carboxylic acids is 2. The molecule has 1 saturated heterocycles. The molecule has 1 unspecified atom stereocenters. The van der Waals surface area contributed by atoms with Crippen LogP contribution in [0.5, 0.6) is 0 Å². The van der Waals surface area contributed by atoms with E-state index in [1.165, 1.54) is 4.90 Å². The van der Waals surface area contributed by atoms with Crippen LogP contribution < -0.4 is 63.5 Å². The Labute approximate surface area is 154 Å². The minimum absolute atomic E-state index is 0. The van der Waals surface area contributed by atoms with Crippen molar-refractivity contribution in [1.29, 1.82) is 0 Å². The molecule has 1 atom stereocenters. The smallest absolute Gasteiger partial charge is 0.699 e. The molecule has 6 heteroatoms. The van der Waals surface area contributed by atoms with E-state index in [-0.39, 0.29) is 70.1 Å². The molecular formula is C12H12N3O2Rb. The number of hydrogen-bond donors (Lipinski definition) is 1. The average Bonchev–Trinajstić information content (AvgIpc) is 2.74. The normalized spacial score (nSPS) is 25.1. The maximum Gasteiger partial charge on any atom is 1.00 e. The number of imide groups is 1. The van der Waals surface area contributed by atoms with Crippen LogP contribution in [0, 0.1) is 0 Å². The van der Waals surface area contributed by atoms with E-state index < -0.39 is 5.54 Å². The van der Waals surface area contributed by atoms with E-state index in [4.69, 9.17) is 5.73 Å². The van der Waals surface area contributed by atoms with E-state index in [1.807, 2.05) is 6.07 Å². The van der Waals surface area contributed by atoms with Crippen LogP contribution in [0.3, 0.4) is 0 Å². The molecule has 0 radical (unpaired) electrons. The van der Waals surface area contributed by atoms with Crippen molar-refractivity contribution in [2.45, 2.75) is 18.4 Å². The predicted molar refractivity (Wildman–Crippen MR) is 61.9 cm³/mol.